The van der Waals surface area contributed by atoms with Crippen molar-refractivity contribution in [3.8, 4) is 5.75 Å². The highest BCUT2D eigenvalue weighted by Gasteiger charge is 2.35. The third-order valence-corrected chi connectivity index (χ3v) is 7.68. The molecule has 0 aliphatic carbocycles. The zero-order valence-electron chi connectivity index (χ0n) is 18.5. The quantitative estimate of drug-likeness (QED) is 0.374. The number of rotatable bonds is 8. The van der Waals surface area contributed by atoms with Crippen LogP contribution in [0.2, 0.25) is 0 Å². The monoisotopic (exact) mass is 398 g/mol. The highest BCUT2D eigenvalue weighted by Crippen LogP contribution is 2.52. The lowest BCUT2D eigenvalue weighted by Gasteiger charge is -2.37. The summed E-state index contributed by atoms with van der Waals surface area (Å²) >= 11 is 0. The third kappa shape index (κ3) is 4.66. The lowest BCUT2D eigenvalue weighted by Crippen LogP contribution is -2.26. The lowest BCUT2D eigenvalue weighted by molar-refractivity contribution is 0.112. The Morgan fingerprint density at radius 1 is 1.11 bits per heavy atom. The number of ether oxygens (including phenoxy) is 1. The van der Waals surface area contributed by atoms with Gasteiger partial charge < -0.3 is 4.74 Å². The van der Waals surface area contributed by atoms with Crippen LogP contribution in [0.25, 0.3) is 0 Å². The minimum atomic E-state index is -0.0365. The fourth-order valence-electron chi connectivity index (χ4n) is 3.95. The highest BCUT2D eigenvalue weighted by molar-refractivity contribution is 7.48. The van der Waals surface area contributed by atoms with Crippen molar-refractivity contribution in [2.75, 3.05) is 7.11 Å². The molecule has 0 fully saturated rings. The Labute approximate surface area is 172 Å². The molecule has 0 bridgehead atoms. The molecule has 2 aromatic carbocycles. The normalized spacial score (nSPS) is 14.2. The largest absolute Gasteiger partial charge is 0.496 e. The highest BCUT2D eigenvalue weighted by atomic mass is 31.1. The van der Waals surface area contributed by atoms with Gasteiger partial charge in [-0.2, -0.15) is 0 Å². The minimum absolute atomic E-state index is 0.0365. The molecule has 0 radical (unpaired) electrons. The fraction of sp³-hybridized carbons (Fsp3) is 0.480. The fourth-order valence-corrected chi connectivity index (χ4v) is 5.81. The van der Waals surface area contributed by atoms with E-state index in [0.717, 1.165) is 42.2 Å². The molecule has 0 aliphatic rings. The van der Waals surface area contributed by atoms with Crippen molar-refractivity contribution in [3.05, 3.63) is 58.7 Å². The van der Waals surface area contributed by atoms with Gasteiger partial charge in [0.2, 0.25) is 0 Å². The summed E-state index contributed by atoms with van der Waals surface area (Å²) in [5, 5.41) is 1.11. The molecule has 0 saturated heterocycles. The maximum absolute atomic E-state index is 11.6. The van der Waals surface area contributed by atoms with Gasteiger partial charge in [0.05, 0.1) is 7.11 Å². The van der Waals surface area contributed by atoms with Crippen LogP contribution in [0, 0.1) is 6.92 Å². The van der Waals surface area contributed by atoms with Gasteiger partial charge in [-0.15, -0.1) is 0 Å². The van der Waals surface area contributed by atoms with Crippen LogP contribution >= 0.6 is 8.58 Å². The van der Waals surface area contributed by atoms with Crippen molar-refractivity contribution in [1.29, 1.82) is 0 Å². The second-order valence-corrected chi connectivity index (χ2v) is 10.4. The number of methoxy groups -OCH3 is 1. The summed E-state index contributed by atoms with van der Waals surface area (Å²) in [6.07, 6.45) is 4.16. The molecule has 2 nitrogen and oxygen atoms in total. The van der Waals surface area contributed by atoms with E-state index in [9.17, 15) is 4.79 Å². The van der Waals surface area contributed by atoms with E-state index >= 15 is 0 Å². The summed E-state index contributed by atoms with van der Waals surface area (Å²) in [4.78, 5) is 11.6. The van der Waals surface area contributed by atoms with Crippen LogP contribution in [0.1, 0.15) is 80.9 Å². The van der Waals surface area contributed by atoms with E-state index in [2.05, 4.69) is 59.7 Å². The van der Waals surface area contributed by atoms with Gasteiger partial charge in [0, 0.05) is 16.3 Å². The van der Waals surface area contributed by atoms with Gasteiger partial charge in [0.1, 0.15) is 5.75 Å². The first kappa shape index (κ1) is 22.6. The Bertz CT molecular complexity index is 820. The second-order valence-electron chi connectivity index (χ2n) is 8.64. The molecule has 2 atom stereocenters. The number of carbonyl (C=O) groups excluding carboxylic acids is 1. The number of hydrogen-bond donors (Lipinski definition) is 0. The van der Waals surface area contributed by atoms with E-state index < -0.39 is 0 Å². The lowest BCUT2D eigenvalue weighted by atomic mass is 9.81. The zero-order valence-corrected chi connectivity index (χ0v) is 19.5. The molecule has 0 aromatic heterocycles. The van der Waals surface area contributed by atoms with E-state index in [1.807, 2.05) is 18.2 Å². The smallest absolute Gasteiger partial charge is 0.150 e. The van der Waals surface area contributed by atoms with Gasteiger partial charge in [0.15, 0.2) is 6.29 Å². The van der Waals surface area contributed by atoms with E-state index in [-0.39, 0.29) is 10.6 Å². The molecular formula is C25H35O2P. The molecule has 2 rings (SSSR count). The molecule has 0 heterocycles. The van der Waals surface area contributed by atoms with E-state index in [1.165, 1.54) is 16.7 Å². The van der Waals surface area contributed by atoms with Gasteiger partial charge in [-0.25, -0.2) is 0 Å². The molecule has 0 amide bonds. The molecule has 0 saturated carbocycles. The Morgan fingerprint density at radius 2 is 1.79 bits per heavy atom. The number of aldehydes is 1. The topological polar surface area (TPSA) is 26.3 Å². The number of benzene rings is 2. The van der Waals surface area contributed by atoms with Gasteiger partial charge >= 0.3 is 0 Å². The van der Waals surface area contributed by atoms with E-state index in [0.29, 0.717) is 8.58 Å². The summed E-state index contributed by atoms with van der Waals surface area (Å²) in [5.41, 5.74) is 4.69. The van der Waals surface area contributed by atoms with Gasteiger partial charge in [0.25, 0.3) is 0 Å². The van der Waals surface area contributed by atoms with Crippen LogP contribution in [-0.4, -0.2) is 13.4 Å². The second kappa shape index (κ2) is 9.23. The van der Waals surface area contributed by atoms with Crippen LogP contribution in [0.3, 0.4) is 0 Å². The van der Waals surface area contributed by atoms with Gasteiger partial charge in [-0.05, 0) is 41.6 Å². The Balaban J connectivity index is 2.74. The summed E-state index contributed by atoms with van der Waals surface area (Å²) in [7, 11) is 2.30. The summed E-state index contributed by atoms with van der Waals surface area (Å²) in [6, 6.07) is 12.6. The Morgan fingerprint density at radius 3 is 2.32 bits per heavy atom. The average Bonchev–Trinajstić information content (AvgIpc) is 2.66. The Kier molecular flexibility index (Phi) is 7.46. The van der Waals surface area contributed by atoms with Gasteiger partial charge in [-0.1, -0.05) is 86.0 Å². The predicted molar refractivity (Wildman–Crippen MR) is 123 cm³/mol. The average molecular weight is 399 g/mol. The zero-order chi connectivity index (χ0) is 20.9. The van der Waals surface area contributed by atoms with E-state index in [4.69, 9.17) is 4.74 Å². The third-order valence-electron chi connectivity index (χ3n) is 5.60. The van der Waals surface area contributed by atoms with Crippen molar-refractivity contribution >= 4 is 20.2 Å². The molecule has 28 heavy (non-hydrogen) atoms. The molecule has 0 N–H and O–H groups in total. The van der Waals surface area contributed by atoms with Crippen LogP contribution in [0.5, 0.6) is 5.75 Å². The summed E-state index contributed by atoms with van der Waals surface area (Å²) in [6.45, 7) is 13.4. The van der Waals surface area contributed by atoms with Crippen molar-refractivity contribution in [3.63, 3.8) is 0 Å². The molecule has 152 valence electrons. The molecule has 2 aromatic rings. The first-order valence-corrected chi connectivity index (χ1v) is 11.2. The minimum Gasteiger partial charge on any atom is -0.496 e. The molecular weight excluding hydrogens is 363 g/mol. The first-order chi connectivity index (χ1) is 13.2. The maximum atomic E-state index is 11.6. The molecule has 0 spiro atoms. The number of hydrogen-bond acceptors (Lipinski definition) is 2. The SMILES string of the molecule is CCCC(CC)(Pc1ccccc1C=O)c1cc(C(C)(C)C)cc(C)c1OC. The Hall–Kier alpha value is -1.66. The molecule has 2 unspecified atom stereocenters. The van der Waals surface area contributed by atoms with Gasteiger partial charge in [-0.3, -0.25) is 4.79 Å². The van der Waals surface area contributed by atoms with Crippen LogP contribution in [0.4, 0.5) is 0 Å². The van der Waals surface area contributed by atoms with Crippen molar-refractivity contribution in [2.24, 2.45) is 0 Å². The number of aryl methyl sites for hydroxylation is 1. The van der Waals surface area contributed by atoms with Crippen LogP contribution in [0.15, 0.2) is 36.4 Å². The standard InChI is InChI=1S/C25H35O2P/c1-8-14-25(9-2,28-22-13-11-10-12-19(22)17-26)21-16-20(24(4,5)6)15-18(3)23(21)27-7/h10-13,15-17,28H,8-9,14H2,1-7H3. The summed E-state index contributed by atoms with van der Waals surface area (Å²) in [5.74, 6) is 0.999. The van der Waals surface area contributed by atoms with Crippen molar-refractivity contribution in [2.45, 2.75) is 71.4 Å². The predicted octanol–water partition coefficient (Wildman–Crippen LogP) is 6.52. The van der Waals surface area contributed by atoms with Crippen LogP contribution < -0.4 is 10.0 Å². The molecule has 3 heteroatoms. The van der Waals surface area contributed by atoms with Crippen molar-refractivity contribution in [1.82, 2.24) is 0 Å². The first-order valence-electron chi connectivity index (χ1n) is 10.2. The number of carbonyl (C=O) groups is 1. The molecule has 0 aliphatic heterocycles. The van der Waals surface area contributed by atoms with E-state index in [1.54, 1.807) is 7.11 Å². The van der Waals surface area contributed by atoms with Crippen molar-refractivity contribution < 1.29 is 9.53 Å². The maximum Gasteiger partial charge on any atom is 0.150 e. The summed E-state index contributed by atoms with van der Waals surface area (Å²) < 4.78 is 5.93. The van der Waals surface area contributed by atoms with Crippen LogP contribution in [-0.2, 0) is 10.6 Å².